The van der Waals surface area contributed by atoms with Crippen LogP contribution in [0.15, 0.2) is 12.2 Å². The molecule has 0 N–H and O–H groups in total. The summed E-state index contributed by atoms with van der Waals surface area (Å²) < 4.78 is 33.8. The number of carbonyl (C=O) groups excluding carboxylic acids is 2. The molecule has 308 valence electrons. The van der Waals surface area contributed by atoms with E-state index in [9.17, 15) is 19.0 Å². The lowest BCUT2D eigenvalue weighted by molar-refractivity contribution is -0.870. The van der Waals surface area contributed by atoms with Gasteiger partial charge in [0.05, 0.1) is 27.7 Å². The number of phosphoric acid groups is 1. The molecule has 0 aromatic heterocycles. The SMILES string of the molecule is CCCCCCCC/C=C\CCCCCCCC(=O)O[C@H](CO[14C](=O)CCCCCCCCCCCCCCC)COP(=O)([O-])OCC[N+](C)(C)C. The number of hydrogen-bond acceptors (Lipinski definition) is 8. The molecule has 0 aliphatic carbocycles. The number of unbranched alkanes of at least 4 members (excludes halogenated alkanes) is 23. The number of hydrogen-bond donors (Lipinski definition) is 0. The van der Waals surface area contributed by atoms with Crippen molar-refractivity contribution in [3.63, 3.8) is 0 Å². The lowest BCUT2D eigenvalue weighted by atomic mass is 10.0. The normalized spacial score (nSPS) is 13.7. The van der Waals surface area contributed by atoms with Gasteiger partial charge in [-0.3, -0.25) is 14.2 Å². The molecule has 0 saturated heterocycles. The third kappa shape index (κ3) is 38.5. The van der Waals surface area contributed by atoms with Crippen LogP contribution in [-0.4, -0.2) is 70.0 Å². The first kappa shape index (κ1) is 50.8. The summed E-state index contributed by atoms with van der Waals surface area (Å²) in [6.07, 6.45) is 35.1. The van der Waals surface area contributed by atoms with Crippen LogP contribution in [0.2, 0.25) is 0 Å². The highest BCUT2D eigenvalue weighted by Crippen LogP contribution is 2.38. The monoisotopic (exact) mass is 762 g/mol. The van der Waals surface area contributed by atoms with E-state index in [-0.39, 0.29) is 32.0 Å². The van der Waals surface area contributed by atoms with Crippen molar-refractivity contribution in [2.24, 2.45) is 0 Å². The maximum absolute atomic E-state index is 12.6. The molecule has 10 heteroatoms. The minimum Gasteiger partial charge on any atom is -0.756 e. The smallest absolute Gasteiger partial charge is 0.306 e. The van der Waals surface area contributed by atoms with Gasteiger partial charge in [0.15, 0.2) is 6.10 Å². The third-order valence-corrected chi connectivity index (χ3v) is 10.2. The van der Waals surface area contributed by atoms with Gasteiger partial charge < -0.3 is 27.9 Å². The summed E-state index contributed by atoms with van der Waals surface area (Å²) in [6.45, 7) is 4.22. The quantitative estimate of drug-likeness (QED) is 0.0200. The first-order chi connectivity index (χ1) is 25.0. The fourth-order valence-corrected chi connectivity index (χ4v) is 6.61. The maximum Gasteiger partial charge on any atom is 0.306 e. The molecular formula is C42H82NO8P. The van der Waals surface area contributed by atoms with Gasteiger partial charge >= 0.3 is 11.9 Å². The first-order valence-corrected chi connectivity index (χ1v) is 22.9. The van der Waals surface area contributed by atoms with E-state index in [2.05, 4.69) is 26.0 Å². The van der Waals surface area contributed by atoms with Gasteiger partial charge in [0.2, 0.25) is 0 Å². The second-order valence-electron chi connectivity index (χ2n) is 15.7. The van der Waals surface area contributed by atoms with E-state index >= 15 is 0 Å². The van der Waals surface area contributed by atoms with Crippen molar-refractivity contribution in [1.29, 1.82) is 0 Å². The van der Waals surface area contributed by atoms with E-state index in [1.165, 1.54) is 109 Å². The minimum atomic E-state index is -4.62. The Kier molecular flexibility index (Phi) is 34.6. The minimum absolute atomic E-state index is 0.0294. The number of carbonyl (C=O) groups is 2. The predicted molar refractivity (Wildman–Crippen MR) is 213 cm³/mol. The number of allylic oxidation sites excluding steroid dienone is 2. The zero-order valence-corrected chi connectivity index (χ0v) is 35.4. The highest BCUT2D eigenvalue weighted by atomic mass is 31.2. The Balaban J connectivity index is 4.37. The Hall–Kier alpha value is -1.25. The maximum atomic E-state index is 12.6. The third-order valence-electron chi connectivity index (χ3n) is 9.29. The van der Waals surface area contributed by atoms with Crippen LogP contribution in [0.5, 0.6) is 0 Å². The Morgan fingerprint density at radius 2 is 1.10 bits per heavy atom. The summed E-state index contributed by atoms with van der Waals surface area (Å²) in [5, 5.41) is 0. The largest absolute Gasteiger partial charge is 0.756 e. The number of esters is 2. The highest BCUT2D eigenvalue weighted by molar-refractivity contribution is 7.45. The van der Waals surface area contributed by atoms with E-state index in [1.54, 1.807) is 0 Å². The van der Waals surface area contributed by atoms with Gasteiger partial charge in [-0.15, -0.1) is 0 Å². The van der Waals surface area contributed by atoms with Crippen LogP contribution in [-0.2, 0) is 32.7 Å². The standard InChI is InChI=1S/C42H82NO8P/c1-6-8-10-12-14-16-18-20-21-23-25-27-29-31-33-35-42(45)51-40(39-50-52(46,47)49-37-36-43(3,4)5)38-48-41(44)34-32-30-28-26-24-22-19-17-15-13-11-9-7-2/h20-21,40H,6-19,22-39H2,1-5H3/b21-20-/t40-/m1/s1/i41+2. The van der Waals surface area contributed by atoms with Gasteiger partial charge in [0.25, 0.3) is 7.82 Å². The van der Waals surface area contributed by atoms with Gasteiger partial charge in [0.1, 0.15) is 19.8 Å². The van der Waals surface area contributed by atoms with Gasteiger partial charge in [-0.25, -0.2) is 0 Å². The van der Waals surface area contributed by atoms with Crippen molar-refractivity contribution in [1.82, 2.24) is 0 Å². The van der Waals surface area contributed by atoms with Crippen LogP contribution in [0.1, 0.15) is 194 Å². The summed E-state index contributed by atoms with van der Waals surface area (Å²) >= 11 is 0. The fourth-order valence-electron chi connectivity index (χ4n) is 5.88. The molecular weight excluding hydrogens is 679 g/mol. The van der Waals surface area contributed by atoms with Crippen molar-refractivity contribution in [3.8, 4) is 0 Å². The topological polar surface area (TPSA) is 111 Å². The van der Waals surface area contributed by atoms with Crippen LogP contribution in [0.3, 0.4) is 0 Å². The molecule has 0 heterocycles. The fraction of sp³-hybridized carbons (Fsp3) is 0.905. The second-order valence-corrected chi connectivity index (χ2v) is 17.1. The molecule has 0 spiro atoms. The lowest BCUT2D eigenvalue weighted by Crippen LogP contribution is -2.37. The lowest BCUT2D eigenvalue weighted by Gasteiger charge is -2.28. The Morgan fingerprint density at radius 3 is 1.58 bits per heavy atom. The summed E-state index contributed by atoms with van der Waals surface area (Å²) in [5.74, 6) is -0.837. The molecule has 0 fully saturated rings. The van der Waals surface area contributed by atoms with Crippen molar-refractivity contribution >= 4 is 19.8 Å². The number of nitrogens with zero attached hydrogens (tertiary/aromatic N) is 1. The predicted octanol–water partition coefficient (Wildman–Crippen LogP) is 11.2. The van der Waals surface area contributed by atoms with Crippen LogP contribution >= 0.6 is 7.82 Å². The number of likely N-dealkylation sites (N-methyl/N-ethyl adjacent to an activating group) is 1. The van der Waals surface area contributed by atoms with Gasteiger partial charge in [-0.05, 0) is 38.5 Å². The van der Waals surface area contributed by atoms with Crippen LogP contribution in [0.4, 0.5) is 0 Å². The molecule has 2 atom stereocenters. The molecule has 0 aromatic carbocycles. The van der Waals surface area contributed by atoms with Gasteiger partial charge in [0, 0.05) is 12.8 Å². The molecule has 0 amide bonds. The van der Waals surface area contributed by atoms with E-state index < -0.39 is 26.5 Å². The Bertz CT molecular complexity index is 907. The van der Waals surface area contributed by atoms with Crippen LogP contribution in [0.25, 0.3) is 0 Å². The highest BCUT2D eigenvalue weighted by Gasteiger charge is 2.21. The summed E-state index contributed by atoms with van der Waals surface area (Å²) in [7, 11) is 1.17. The molecule has 0 radical (unpaired) electrons. The molecule has 0 bridgehead atoms. The molecule has 1 unspecified atom stereocenters. The average Bonchev–Trinajstić information content (AvgIpc) is 3.09. The van der Waals surface area contributed by atoms with Crippen LogP contribution < -0.4 is 4.89 Å². The molecule has 0 rings (SSSR count). The van der Waals surface area contributed by atoms with Crippen molar-refractivity contribution in [2.75, 3.05) is 47.5 Å². The van der Waals surface area contributed by atoms with Crippen molar-refractivity contribution < 1.29 is 42.1 Å². The number of quaternary nitrogens is 1. The number of ether oxygens (including phenoxy) is 2. The second kappa shape index (κ2) is 35.5. The zero-order chi connectivity index (χ0) is 38.6. The van der Waals surface area contributed by atoms with Crippen molar-refractivity contribution in [2.45, 2.75) is 200 Å². The summed E-state index contributed by atoms with van der Waals surface area (Å²) in [5.41, 5.74) is 0. The number of phosphoric ester groups is 1. The molecule has 0 aromatic rings. The average molecular weight is 762 g/mol. The first-order valence-electron chi connectivity index (χ1n) is 21.4. The van der Waals surface area contributed by atoms with Crippen molar-refractivity contribution in [3.05, 3.63) is 12.2 Å². The van der Waals surface area contributed by atoms with E-state index in [1.807, 2.05) is 21.1 Å². The summed E-state index contributed by atoms with van der Waals surface area (Å²) in [6, 6.07) is 0. The van der Waals surface area contributed by atoms with E-state index in [4.69, 9.17) is 18.5 Å². The molecule has 9 nitrogen and oxygen atoms in total. The van der Waals surface area contributed by atoms with E-state index in [0.29, 0.717) is 17.4 Å². The van der Waals surface area contributed by atoms with Crippen LogP contribution in [0, 0.1) is 0 Å². The zero-order valence-electron chi connectivity index (χ0n) is 34.5. The molecule has 52 heavy (non-hydrogen) atoms. The molecule has 0 aliphatic heterocycles. The Morgan fingerprint density at radius 1 is 0.654 bits per heavy atom. The molecule has 0 aliphatic rings. The van der Waals surface area contributed by atoms with Gasteiger partial charge in [-0.2, -0.15) is 0 Å². The number of rotatable bonds is 39. The summed E-state index contributed by atoms with van der Waals surface area (Å²) in [4.78, 5) is 37.4. The molecule has 0 saturated carbocycles. The van der Waals surface area contributed by atoms with Gasteiger partial charge in [-0.1, -0.05) is 154 Å². The Labute approximate surface area is 320 Å². The van der Waals surface area contributed by atoms with E-state index in [0.717, 1.165) is 51.4 Å².